The summed E-state index contributed by atoms with van der Waals surface area (Å²) in [6.45, 7) is 1.22. The normalized spacial score (nSPS) is 19.2. The third-order valence-electron chi connectivity index (χ3n) is 2.75. The maximum atomic E-state index is 11.9. The second-order valence-electron chi connectivity index (χ2n) is 4.18. The number of ether oxygens (including phenoxy) is 1. The lowest BCUT2D eigenvalue weighted by Crippen LogP contribution is -2.32. The van der Waals surface area contributed by atoms with E-state index in [0.717, 1.165) is 28.8 Å². The molecule has 4 nitrogen and oxygen atoms in total. The number of amides is 1. The van der Waals surface area contributed by atoms with Crippen LogP contribution in [0.2, 0.25) is 0 Å². The van der Waals surface area contributed by atoms with E-state index in [1.54, 1.807) is 6.08 Å². The molecule has 2 heterocycles. The number of nitriles is 1. The highest BCUT2D eigenvalue weighted by atomic mass is 79.9. The molecule has 1 aliphatic heterocycles. The van der Waals surface area contributed by atoms with Gasteiger partial charge in [-0.3, -0.25) is 4.79 Å². The van der Waals surface area contributed by atoms with E-state index < -0.39 is 0 Å². The van der Waals surface area contributed by atoms with E-state index in [1.165, 1.54) is 11.3 Å². The summed E-state index contributed by atoms with van der Waals surface area (Å²) in [5.41, 5.74) is 0.118. The Morgan fingerprint density at radius 1 is 1.74 bits per heavy atom. The number of nitrogens with zero attached hydrogens (tertiary/aromatic N) is 1. The molecule has 1 atom stereocenters. The van der Waals surface area contributed by atoms with Crippen molar-refractivity contribution < 1.29 is 9.53 Å². The molecule has 1 saturated heterocycles. The second-order valence-corrected chi connectivity index (χ2v) is 6.04. The van der Waals surface area contributed by atoms with Gasteiger partial charge in [-0.2, -0.15) is 5.26 Å². The largest absolute Gasteiger partial charge is 0.376 e. The van der Waals surface area contributed by atoms with Crippen LogP contribution in [0.4, 0.5) is 0 Å². The van der Waals surface area contributed by atoms with Gasteiger partial charge in [0.05, 0.1) is 6.10 Å². The van der Waals surface area contributed by atoms with Crippen LogP contribution in [0.1, 0.15) is 17.7 Å². The Morgan fingerprint density at radius 2 is 2.58 bits per heavy atom. The molecule has 6 heteroatoms. The Morgan fingerprint density at radius 3 is 3.16 bits per heavy atom. The minimum Gasteiger partial charge on any atom is -0.376 e. The number of carbonyl (C=O) groups excluding carboxylic acids is 1. The van der Waals surface area contributed by atoms with Crippen LogP contribution in [0.25, 0.3) is 6.08 Å². The van der Waals surface area contributed by atoms with E-state index in [9.17, 15) is 4.79 Å². The molecule has 2 rings (SSSR count). The Hall–Kier alpha value is -1.16. The van der Waals surface area contributed by atoms with Crippen LogP contribution in [0.5, 0.6) is 0 Å². The first-order valence-corrected chi connectivity index (χ1v) is 7.62. The number of hydrogen-bond acceptors (Lipinski definition) is 4. The molecule has 100 valence electrons. The van der Waals surface area contributed by atoms with Gasteiger partial charge in [-0.15, -0.1) is 11.3 Å². The van der Waals surface area contributed by atoms with Gasteiger partial charge in [0.2, 0.25) is 0 Å². The maximum Gasteiger partial charge on any atom is 0.262 e. The molecule has 1 amide bonds. The highest BCUT2D eigenvalue weighted by Crippen LogP contribution is 2.22. The lowest BCUT2D eigenvalue weighted by atomic mass is 10.2. The molecule has 0 spiro atoms. The lowest BCUT2D eigenvalue weighted by molar-refractivity contribution is -0.117. The molecule has 0 unspecified atom stereocenters. The van der Waals surface area contributed by atoms with Crippen molar-refractivity contribution in [1.29, 1.82) is 5.26 Å². The third kappa shape index (κ3) is 4.16. The van der Waals surface area contributed by atoms with Crippen LogP contribution in [-0.2, 0) is 9.53 Å². The van der Waals surface area contributed by atoms with Crippen molar-refractivity contribution in [3.05, 3.63) is 26.4 Å². The summed E-state index contributed by atoms with van der Waals surface area (Å²) in [6.07, 6.45) is 3.68. The fourth-order valence-electron chi connectivity index (χ4n) is 1.80. The fourth-order valence-corrected chi connectivity index (χ4v) is 3.18. The molecule has 1 fully saturated rings. The molecule has 1 aromatic rings. The molecule has 0 aliphatic carbocycles. The van der Waals surface area contributed by atoms with Crippen LogP contribution in [-0.4, -0.2) is 25.2 Å². The molecular formula is C13H13BrN2O2S. The van der Waals surface area contributed by atoms with Crippen molar-refractivity contribution in [2.75, 3.05) is 13.2 Å². The van der Waals surface area contributed by atoms with E-state index in [1.807, 2.05) is 17.5 Å². The first-order chi connectivity index (χ1) is 9.19. The monoisotopic (exact) mass is 340 g/mol. The van der Waals surface area contributed by atoms with E-state index in [-0.39, 0.29) is 17.6 Å². The zero-order chi connectivity index (χ0) is 13.7. The average molecular weight is 341 g/mol. The van der Waals surface area contributed by atoms with Gasteiger partial charge in [0.15, 0.2) is 0 Å². The van der Waals surface area contributed by atoms with Crippen molar-refractivity contribution in [2.45, 2.75) is 18.9 Å². The van der Waals surface area contributed by atoms with Crippen molar-refractivity contribution >= 4 is 39.2 Å². The summed E-state index contributed by atoms with van der Waals surface area (Å²) in [6, 6.07) is 3.80. The molecule has 0 aromatic carbocycles. The zero-order valence-corrected chi connectivity index (χ0v) is 12.6. The van der Waals surface area contributed by atoms with Gasteiger partial charge in [-0.1, -0.05) is 0 Å². The third-order valence-corrected chi connectivity index (χ3v) is 4.39. The Bertz CT molecular complexity index is 527. The predicted octanol–water partition coefficient (Wildman–Crippen LogP) is 2.71. The van der Waals surface area contributed by atoms with Crippen LogP contribution < -0.4 is 5.32 Å². The molecular weight excluding hydrogens is 328 g/mol. The molecule has 0 saturated carbocycles. The maximum absolute atomic E-state index is 11.9. The van der Waals surface area contributed by atoms with Gasteiger partial charge in [0.1, 0.15) is 11.6 Å². The van der Waals surface area contributed by atoms with Gasteiger partial charge < -0.3 is 10.1 Å². The van der Waals surface area contributed by atoms with Crippen LogP contribution >= 0.6 is 27.3 Å². The number of halogens is 1. The van der Waals surface area contributed by atoms with Crippen molar-refractivity contribution in [3.63, 3.8) is 0 Å². The standard InChI is InChI=1S/C13H13BrN2O2S/c14-10-5-12(19-8-10)4-9(6-15)13(17)16-7-11-2-1-3-18-11/h4-5,8,11H,1-3,7H2,(H,16,17)/b9-4-/t11-/m0/s1. The number of thiophene rings is 1. The molecule has 19 heavy (non-hydrogen) atoms. The highest BCUT2D eigenvalue weighted by molar-refractivity contribution is 9.10. The Kier molecular flexibility index (Phi) is 5.14. The first-order valence-electron chi connectivity index (χ1n) is 5.94. The van der Waals surface area contributed by atoms with Gasteiger partial charge in [0.25, 0.3) is 5.91 Å². The van der Waals surface area contributed by atoms with Gasteiger partial charge in [-0.25, -0.2) is 0 Å². The van der Waals surface area contributed by atoms with E-state index >= 15 is 0 Å². The van der Waals surface area contributed by atoms with E-state index in [0.29, 0.717) is 6.54 Å². The summed E-state index contributed by atoms with van der Waals surface area (Å²) >= 11 is 4.81. The molecule has 0 radical (unpaired) electrons. The van der Waals surface area contributed by atoms with Crippen molar-refractivity contribution in [1.82, 2.24) is 5.32 Å². The molecule has 1 N–H and O–H groups in total. The summed E-state index contributed by atoms with van der Waals surface area (Å²) in [7, 11) is 0. The number of carbonyl (C=O) groups is 1. The van der Waals surface area contributed by atoms with Gasteiger partial charge >= 0.3 is 0 Å². The van der Waals surface area contributed by atoms with Crippen molar-refractivity contribution in [3.8, 4) is 6.07 Å². The minimum absolute atomic E-state index is 0.0831. The highest BCUT2D eigenvalue weighted by Gasteiger charge is 2.17. The number of hydrogen-bond donors (Lipinski definition) is 1. The second kappa shape index (κ2) is 6.85. The molecule has 1 aromatic heterocycles. The summed E-state index contributed by atoms with van der Waals surface area (Å²) < 4.78 is 6.36. The predicted molar refractivity (Wildman–Crippen MR) is 77.6 cm³/mol. The van der Waals surface area contributed by atoms with Crippen molar-refractivity contribution in [2.24, 2.45) is 0 Å². The SMILES string of the molecule is N#C/C(=C/c1cc(Br)cs1)C(=O)NC[C@@H]1CCCO1. The number of rotatable bonds is 4. The topological polar surface area (TPSA) is 62.1 Å². The quantitative estimate of drug-likeness (QED) is 0.677. The Balaban J connectivity index is 1.95. The molecule has 1 aliphatic rings. The lowest BCUT2D eigenvalue weighted by Gasteiger charge is -2.09. The van der Waals surface area contributed by atoms with Crippen LogP contribution in [0.15, 0.2) is 21.5 Å². The van der Waals surface area contributed by atoms with Crippen LogP contribution in [0, 0.1) is 11.3 Å². The van der Waals surface area contributed by atoms with Gasteiger partial charge in [-0.05, 0) is 40.9 Å². The fraction of sp³-hybridized carbons (Fsp3) is 0.385. The van der Waals surface area contributed by atoms with Crippen LogP contribution in [0.3, 0.4) is 0 Å². The summed E-state index contributed by atoms with van der Waals surface area (Å²) in [5.74, 6) is -0.345. The number of nitrogens with one attached hydrogen (secondary N) is 1. The minimum atomic E-state index is -0.345. The average Bonchev–Trinajstić information content (AvgIpc) is 3.04. The van der Waals surface area contributed by atoms with Gasteiger partial charge in [0, 0.05) is 27.9 Å². The Labute approximate surface area is 124 Å². The zero-order valence-electron chi connectivity index (χ0n) is 10.2. The van der Waals surface area contributed by atoms with E-state index in [4.69, 9.17) is 10.00 Å². The van der Waals surface area contributed by atoms with E-state index in [2.05, 4.69) is 21.2 Å². The smallest absolute Gasteiger partial charge is 0.262 e. The summed E-state index contributed by atoms with van der Waals surface area (Å²) in [5, 5.41) is 13.7. The first kappa shape index (κ1) is 14.3. The summed E-state index contributed by atoms with van der Waals surface area (Å²) in [4.78, 5) is 12.7. The molecule has 0 bridgehead atoms.